The van der Waals surface area contributed by atoms with Crippen LogP contribution in [-0.4, -0.2) is 84.8 Å². The quantitative estimate of drug-likeness (QED) is 0.472. The van der Waals surface area contributed by atoms with Gasteiger partial charge in [0.15, 0.2) is 0 Å². The molecule has 157 valence electrons. The monoisotopic (exact) mass is 593 g/mol. The summed E-state index contributed by atoms with van der Waals surface area (Å²) in [6, 6.07) is 9.92. The van der Waals surface area contributed by atoms with Crippen molar-refractivity contribution in [3.8, 4) is 0 Å². The summed E-state index contributed by atoms with van der Waals surface area (Å²) in [6.07, 6.45) is 8.57. The summed E-state index contributed by atoms with van der Waals surface area (Å²) < 4.78 is 0.0688. The van der Waals surface area contributed by atoms with Crippen LogP contribution < -0.4 is 0 Å². The van der Waals surface area contributed by atoms with Gasteiger partial charge in [-0.3, -0.25) is 0 Å². The maximum atomic E-state index is 13.2. The van der Waals surface area contributed by atoms with Gasteiger partial charge in [-0.25, -0.2) is 0 Å². The Hall–Kier alpha value is -0.958. The van der Waals surface area contributed by atoms with E-state index in [4.69, 9.17) is 0 Å². The number of rotatable bonds is 8. The molecule has 0 bridgehead atoms. The fourth-order valence-corrected chi connectivity index (χ4v) is 6.76. The van der Waals surface area contributed by atoms with Gasteiger partial charge in [-0.15, -0.1) is 0 Å². The van der Waals surface area contributed by atoms with Gasteiger partial charge in [0, 0.05) is 0 Å². The molecule has 1 saturated carbocycles. The molecule has 1 aromatic carbocycles. The van der Waals surface area contributed by atoms with Crippen molar-refractivity contribution in [3.05, 3.63) is 35.9 Å². The third kappa shape index (κ3) is 6.03. The molecule has 6 heteroatoms. The van der Waals surface area contributed by atoms with Crippen molar-refractivity contribution in [2.75, 3.05) is 20.1 Å². The van der Waals surface area contributed by atoms with E-state index >= 15 is 0 Å². The number of hydrogen-bond acceptors (Lipinski definition) is 3. The van der Waals surface area contributed by atoms with Crippen LogP contribution in [0.1, 0.15) is 50.5 Å². The van der Waals surface area contributed by atoms with Crippen molar-refractivity contribution in [2.24, 2.45) is 5.92 Å². The second kappa shape index (κ2) is 10.9. The van der Waals surface area contributed by atoms with E-state index in [1.165, 1.54) is 24.8 Å². The first-order chi connectivity index (χ1) is 14.0. The molecule has 1 amide bonds. The molecule has 2 fully saturated rings. The Morgan fingerprint density at radius 2 is 1.90 bits per heavy atom. The van der Waals surface area contributed by atoms with Crippen molar-refractivity contribution in [3.63, 3.8) is 0 Å². The molecule has 3 unspecified atom stereocenters. The molecule has 1 saturated heterocycles. The number of aliphatic carboxylic acids is 1. The number of carboxylic acid groups (broad SMARTS) is 1. The fraction of sp³-hybridized carbons (Fsp3) is 0.652. The zero-order chi connectivity index (χ0) is 20.8. The van der Waals surface area contributed by atoms with Gasteiger partial charge in [0.25, 0.3) is 0 Å². The third-order valence-electron chi connectivity index (χ3n) is 6.68. The Balaban J connectivity index is 1.56. The Kier molecular flexibility index (Phi) is 8.53. The molecule has 0 aromatic heterocycles. The van der Waals surface area contributed by atoms with E-state index in [1.54, 1.807) is 4.90 Å². The standard InChI is InChI=1S/C23H33N2O3.Pb/c1-24(14-8-13-18-9-4-2-5-10-18)20-16-21(23(27)28)25(17-20)22(26)15-19-11-6-3-7-12-19;/h2,4-5,9-10,15,19-21H,3,6-8,11-14,16-17H2,1H3,(H,27,28);. The van der Waals surface area contributed by atoms with Crippen LogP contribution in [0.3, 0.4) is 0 Å². The van der Waals surface area contributed by atoms with E-state index < -0.39 is 12.0 Å². The Bertz CT molecular complexity index is 678. The SMILES string of the molecule is CN(CCCc1ccccc1)C1CC(C(=O)O)N(C(=O)[CH]([Pb])C2CCCCC2)C1. The van der Waals surface area contributed by atoms with E-state index in [1.807, 2.05) is 6.07 Å². The fourth-order valence-electron chi connectivity index (χ4n) is 4.82. The average molecular weight is 593 g/mol. The van der Waals surface area contributed by atoms with E-state index in [0.29, 0.717) is 18.9 Å². The number of likely N-dealkylation sites (N-methyl/N-ethyl adjacent to an activating group) is 1. The number of carboxylic acids is 1. The van der Waals surface area contributed by atoms with E-state index in [9.17, 15) is 14.7 Å². The van der Waals surface area contributed by atoms with E-state index in [2.05, 4.69) is 36.2 Å². The average Bonchev–Trinajstić information content (AvgIpc) is 3.20. The van der Waals surface area contributed by atoms with Crippen molar-refractivity contribution in [1.82, 2.24) is 9.80 Å². The molecule has 3 rings (SSSR count). The molecule has 3 atom stereocenters. The zero-order valence-electron chi connectivity index (χ0n) is 17.4. The van der Waals surface area contributed by atoms with Gasteiger partial charge in [-0.1, -0.05) is 6.07 Å². The van der Waals surface area contributed by atoms with Crippen LogP contribution in [0.25, 0.3) is 0 Å². The summed E-state index contributed by atoms with van der Waals surface area (Å²) in [6.45, 7) is 1.48. The maximum absolute atomic E-state index is 13.2. The first-order valence-corrected chi connectivity index (χ1v) is 13.2. The first-order valence-electron chi connectivity index (χ1n) is 11.0. The van der Waals surface area contributed by atoms with Gasteiger partial charge in [0.1, 0.15) is 0 Å². The Labute approximate surface area is 190 Å². The molecule has 3 radical (unpaired) electrons. The number of carbonyl (C=O) groups is 2. The predicted octanol–water partition coefficient (Wildman–Crippen LogP) is 3.14. The van der Waals surface area contributed by atoms with Gasteiger partial charge in [0.2, 0.25) is 0 Å². The van der Waals surface area contributed by atoms with Gasteiger partial charge in [-0.05, 0) is 0 Å². The number of aryl methyl sites for hydroxylation is 1. The topological polar surface area (TPSA) is 60.9 Å². The van der Waals surface area contributed by atoms with Crippen LogP contribution in [-0.2, 0) is 16.0 Å². The summed E-state index contributed by atoms with van der Waals surface area (Å²) in [5.74, 6) is -0.271. The van der Waals surface area contributed by atoms with Crippen LogP contribution >= 0.6 is 0 Å². The van der Waals surface area contributed by atoms with Crippen LogP contribution in [0.15, 0.2) is 30.3 Å². The Morgan fingerprint density at radius 1 is 1.21 bits per heavy atom. The van der Waals surface area contributed by atoms with Crippen molar-refractivity contribution < 1.29 is 14.7 Å². The summed E-state index contributed by atoms with van der Waals surface area (Å²) in [4.78, 5) is 29.0. The van der Waals surface area contributed by atoms with Crippen LogP contribution in [0.4, 0.5) is 0 Å². The number of nitrogens with zero attached hydrogens (tertiary/aromatic N) is 2. The normalized spacial score (nSPS) is 24.0. The molecule has 29 heavy (non-hydrogen) atoms. The van der Waals surface area contributed by atoms with Gasteiger partial charge >= 0.3 is 185 Å². The second-order valence-corrected chi connectivity index (χ2v) is 11.1. The van der Waals surface area contributed by atoms with Crippen LogP contribution in [0, 0.1) is 5.92 Å². The molecule has 1 aromatic rings. The molecule has 1 aliphatic carbocycles. The summed E-state index contributed by atoms with van der Waals surface area (Å²) in [7, 11) is 2.07. The van der Waals surface area contributed by atoms with Crippen LogP contribution in [0.5, 0.6) is 0 Å². The van der Waals surface area contributed by atoms with Gasteiger partial charge in [0.05, 0.1) is 0 Å². The molecular formula is C23H33N2O3Pb. The Morgan fingerprint density at radius 3 is 2.55 bits per heavy atom. The number of likely N-dealkylation sites (tertiary alicyclic amines) is 1. The first kappa shape index (κ1) is 22.7. The molecular weight excluding hydrogens is 559 g/mol. The summed E-state index contributed by atoms with van der Waals surface area (Å²) in [5, 5.41) is 9.75. The van der Waals surface area contributed by atoms with Crippen molar-refractivity contribution >= 4 is 37.6 Å². The predicted molar refractivity (Wildman–Crippen MR) is 115 cm³/mol. The van der Waals surface area contributed by atoms with E-state index in [0.717, 1.165) is 58.0 Å². The molecule has 1 aliphatic heterocycles. The molecule has 1 N–H and O–H groups in total. The minimum absolute atomic E-state index is 0.0688. The number of carbonyl (C=O) groups excluding carboxylic acids is 1. The molecule has 0 spiro atoms. The molecule has 5 nitrogen and oxygen atoms in total. The van der Waals surface area contributed by atoms with Crippen molar-refractivity contribution in [1.29, 1.82) is 0 Å². The van der Waals surface area contributed by atoms with E-state index in [-0.39, 0.29) is 15.4 Å². The van der Waals surface area contributed by atoms with Crippen LogP contribution in [0.2, 0.25) is 3.48 Å². The number of hydrogen-bond donors (Lipinski definition) is 1. The zero-order valence-corrected chi connectivity index (χ0v) is 21.3. The van der Waals surface area contributed by atoms with Gasteiger partial charge < -0.3 is 0 Å². The number of benzene rings is 1. The van der Waals surface area contributed by atoms with Crippen molar-refractivity contribution in [2.45, 2.75) is 66.9 Å². The number of amides is 1. The third-order valence-corrected chi connectivity index (χ3v) is 9.47. The second-order valence-electron chi connectivity index (χ2n) is 8.68. The molecule has 1 heterocycles. The minimum atomic E-state index is -0.851. The summed E-state index contributed by atoms with van der Waals surface area (Å²) in [5.41, 5.74) is 1.33. The molecule has 2 aliphatic rings. The summed E-state index contributed by atoms with van der Waals surface area (Å²) >= 11 is 0.815. The van der Waals surface area contributed by atoms with Gasteiger partial charge in [-0.2, -0.15) is 0 Å².